The fraction of sp³-hybridized carbons (Fsp3) is 0.267. The molecule has 0 aromatic heterocycles. The van der Waals surface area contributed by atoms with Gasteiger partial charge in [0.05, 0.1) is 12.0 Å². The Hall–Kier alpha value is -1.96. The second-order valence-corrected chi connectivity index (χ2v) is 6.34. The summed E-state index contributed by atoms with van der Waals surface area (Å²) in [6.07, 6.45) is 3.24. The number of hydrogen-bond acceptors (Lipinski definition) is 4. The Bertz CT molecular complexity index is 628. The minimum atomic E-state index is -3.72. The van der Waals surface area contributed by atoms with Crippen molar-refractivity contribution in [3.8, 4) is 0 Å². The molecule has 0 aliphatic rings. The fourth-order valence-corrected chi connectivity index (χ4v) is 2.72. The Morgan fingerprint density at radius 3 is 2.09 bits per heavy atom. The number of nitrogens with zero attached hydrogens (tertiary/aromatic N) is 2. The van der Waals surface area contributed by atoms with Gasteiger partial charge in [-0.15, -0.1) is 13.2 Å². The number of benzene rings is 1. The van der Waals surface area contributed by atoms with Gasteiger partial charge in [-0.2, -0.15) is 0 Å². The number of carbonyl (C=O) groups excluding carboxylic acids is 1. The highest BCUT2D eigenvalue weighted by atomic mass is 32.2. The van der Waals surface area contributed by atoms with Crippen LogP contribution in [0.4, 0.5) is 0 Å². The van der Waals surface area contributed by atoms with Crippen LogP contribution in [0.2, 0.25) is 0 Å². The predicted molar refractivity (Wildman–Crippen MR) is 84.7 cm³/mol. The summed E-state index contributed by atoms with van der Waals surface area (Å²) in [5.74, 6) is -0.219. The molecule has 0 spiro atoms. The normalized spacial score (nSPS) is 11.2. The summed E-state index contributed by atoms with van der Waals surface area (Å²) in [5.41, 5.74) is 0.391. The van der Waals surface area contributed by atoms with E-state index in [0.29, 0.717) is 18.7 Å². The minimum absolute atomic E-state index is 0.0485. The molecule has 0 saturated carbocycles. The lowest BCUT2D eigenvalue weighted by Crippen LogP contribution is -2.31. The van der Waals surface area contributed by atoms with E-state index in [2.05, 4.69) is 13.2 Å². The van der Waals surface area contributed by atoms with Gasteiger partial charge in [0.2, 0.25) is 0 Å². The lowest BCUT2D eigenvalue weighted by atomic mass is 10.2. The van der Waals surface area contributed by atoms with Crippen LogP contribution in [0.25, 0.3) is 0 Å². The van der Waals surface area contributed by atoms with E-state index >= 15 is 0 Å². The van der Waals surface area contributed by atoms with E-state index in [-0.39, 0.29) is 10.8 Å². The highest BCUT2D eigenvalue weighted by Crippen LogP contribution is 2.16. The largest absolute Gasteiger partial charge is 0.331 e. The van der Waals surface area contributed by atoms with Crippen molar-refractivity contribution in [2.24, 2.45) is 0 Å². The zero-order valence-electron chi connectivity index (χ0n) is 12.7. The molecule has 0 unspecified atom stereocenters. The van der Waals surface area contributed by atoms with Crippen LogP contribution in [0.3, 0.4) is 0 Å². The maximum absolute atomic E-state index is 12.3. The second kappa shape index (κ2) is 7.88. The third kappa shape index (κ3) is 4.03. The molecule has 0 fully saturated rings. The lowest BCUT2D eigenvalue weighted by Gasteiger charge is -2.19. The first-order chi connectivity index (χ1) is 10.4. The topological polar surface area (TPSA) is 66.9 Å². The molecule has 0 atom stereocenters. The maximum atomic E-state index is 12.3. The molecular formula is C15H20N2O4S. The van der Waals surface area contributed by atoms with Crippen LogP contribution < -0.4 is 0 Å². The standard InChI is InChI=1S/C15H20N2O4S/c1-5-11-17(12-6-2)15(18)13-7-9-14(10-8-13)22(19,20)16(3)21-4/h5-10H,1-2,11-12H2,3-4H3. The van der Waals surface area contributed by atoms with Crippen LogP contribution in [0, 0.1) is 0 Å². The number of hydrogen-bond donors (Lipinski definition) is 0. The highest BCUT2D eigenvalue weighted by molar-refractivity contribution is 7.89. The van der Waals surface area contributed by atoms with Crippen molar-refractivity contribution < 1.29 is 18.0 Å². The summed E-state index contributed by atoms with van der Waals surface area (Å²) >= 11 is 0. The molecule has 22 heavy (non-hydrogen) atoms. The molecule has 0 saturated heterocycles. The van der Waals surface area contributed by atoms with Gasteiger partial charge in [-0.25, -0.2) is 8.42 Å². The predicted octanol–water partition coefficient (Wildman–Crippen LogP) is 1.68. The Morgan fingerprint density at radius 2 is 1.68 bits per heavy atom. The molecule has 1 aromatic rings. The summed E-state index contributed by atoms with van der Waals surface area (Å²) in [6, 6.07) is 5.69. The van der Waals surface area contributed by atoms with E-state index in [1.165, 1.54) is 38.4 Å². The number of hydroxylamine groups is 1. The molecule has 0 bridgehead atoms. The smallest absolute Gasteiger partial charge is 0.264 e. The van der Waals surface area contributed by atoms with Gasteiger partial charge in [0.25, 0.3) is 15.9 Å². The molecule has 1 rings (SSSR count). The van der Waals surface area contributed by atoms with Gasteiger partial charge in [-0.05, 0) is 24.3 Å². The number of amides is 1. The Morgan fingerprint density at radius 1 is 1.18 bits per heavy atom. The van der Waals surface area contributed by atoms with Gasteiger partial charge in [-0.3, -0.25) is 9.63 Å². The molecule has 0 aliphatic heterocycles. The maximum Gasteiger partial charge on any atom is 0.264 e. The molecule has 7 heteroatoms. The molecule has 6 nitrogen and oxygen atoms in total. The average molecular weight is 324 g/mol. The van der Waals surface area contributed by atoms with E-state index < -0.39 is 10.0 Å². The van der Waals surface area contributed by atoms with Gasteiger partial charge in [-0.1, -0.05) is 16.6 Å². The fourth-order valence-electron chi connectivity index (χ4n) is 1.75. The summed E-state index contributed by atoms with van der Waals surface area (Å²) < 4.78 is 24.9. The van der Waals surface area contributed by atoms with Gasteiger partial charge in [0, 0.05) is 25.7 Å². The summed E-state index contributed by atoms with van der Waals surface area (Å²) in [7, 11) is -1.16. The molecule has 0 N–H and O–H groups in total. The van der Waals surface area contributed by atoms with Crippen LogP contribution >= 0.6 is 0 Å². The van der Waals surface area contributed by atoms with Crippen molar-refractivity contribution in [1.82, 2.24) is 9.37 Å². The highest BCUT2D eigenvalue weighted by Gasteiger charge is 2.21. The van der Waals surface area contributed by atoms with Gasteiger partial charge >= 0.3 is 0 Å². The molecule has 1 aromatic carbocycles. The van der Waals surface area contributed by atoms with Crippen molar-refractivity contribution in [3.05, 3.63) is 55.1 Å². The minimum Gasteiger partial charge on any atom is -0.331 e. The molecule has 0 heterocycles. The lowest BCUT2D eigenvalue weighted by molar-refractivity contribution is -0.0258. The zero-order chi connectivity index (χ0) is 16.8. The average Bonchev–Trinajstić information content (AvgIpc) is 2.53. The monoisotopic (exact) mass is 324 g/mol. The first-order valence-electron chi connectivity index (χ1n) is 6.52. The van der Waals surface area contributed by atoms with E-state index in [9.17, 15) is 13.2 Å². The van der Waals surface area contributed by atoms with Crippen LogP contribution in [0.5, 0.6) is 0 Å². The van der Waals surface area contributed by atoms with Gasteiger partial charge in [0.1, 0.15) is 0 Å². The molecule has 120 valence electrons. The van der Waals surface area contributed by atoms with E-state index in [1.807, 2.05) is 0 Å². The summed E-state index contributed by atoms with van der Waals surface area (Å²) in [4.78, 5) is 18.6. The summed E-state index contributed by atoms with van der Waals surface area (Å²) in [5, 5.41) is 0. The molecule has 0 aliphatic carbocycles. The van der Waals surface area contributed by atoms with Gasteiger partial charge in [0.15, 0.2) is 0 Å². The SMILES string of the molecule is C=CCN(CC=C)C(=O)c1ccc(S(=O)(=O)N(C)OC)cc1. The van der Waals surface area contributed by atoms with Crippen molar-refractivity contribution in [2.45, 2.75) is 4.90 Å². The van der Waals surface area contributed by atoms with E-state index in [4.69, 9.17) is 4.84 Å². The van der Waals surface area contributed by atoms with Crippen LogP contribution in [0.1, 0.15) is 10.4 Å². The first-order valence-corrected chi connectivity index (χ1v) is 7.96. The Balaban J connectivity index is 3.04. The van der Waals surface area contributed by atoms with Crippen LogP contribution in [0.15, 0.2) is 54.5 Å². The zero-order valence-corrected chi connectivity index (χ0v) is 13.5. The van der Waals surface area contributed by atoms with Crippen LogP contribution in [-0.4, -0.2) is 50.9 Å². The quantitative estimate of drug-likeness (QED) is 0.539. The molecule has 1 amide bonds. The molecule has 0 radical (unpaired) electrons. The van der Waals surface area contributed by atoms with Crippen molar-refractivity contribution >= 4 is 15.9 Å². The first kappa shape index (κ1) is 18.1. The van der Waals surface area contributed by atoms with Crippen molar-refractivity contribution in [3.63, 3.8) is 0 Å². The third-order valence-corrected chi connectivity index (χ3v) is 4.67. The number of sulfonamides is 1. The van der Waals surface area contributed by atoms with E-state index in [0.717, 1.165) is 4.47 Å². The second-order valence-electron chi connectivity index (χ2n) is 4.41. The van der Waals surface area contributed by atoms with Gasteiger partial charge < -0.3 is 4.90 Å². The summed E-state index contributed by atoms with van der Waals surface area (Å²) in [6.45, 7) is 7.99. The number of carbonyl (C=O) groups is 1. The molecular weight excluding hydrogens is 304 g/mol. The van der Waals surface area contributed by atoms with Crippen molar-refractivity contribution in [2.75, 3.05) is 27.2 Å². The third-order valence-electron chi connectivity index (χ3n) is 2.98. The Labute approximate surface area is 131 Å². The van der Waals surface area contributed by atoms with Crippen molar-refractivity contribution in [1.29, 1.82) is 0 Å². The van der Waals surface area contributed by atoms with Crippen LogP contribution in [-0.2, 0) is 14.9 Å². The van der Waals surface area contributed by atoms with E-state index in [1.54, 1.807) is 17.1 Å². The number of rotatable bonds is 8. The Kier molecular flexibility index (Phi) is 6.48.